The molecule has 1 heterocycles. The molecule has 1 fully saturated rings. The van der Waals surface area contributed by atoms with Gasteiger partial charge in [0.05, 0.1) is 12.6 Å². The lowest BCUT2D eigenvalue weighted by Crippen LogP contribution is -2.36. The van der Waals surface area contributed by atoms with Crippen LogP contribution < -0.4 is 5.32 Å². The molecule has 0 aliphatic carbocycles. The molecule has 1 amide bonds. The van der Waals surface area contributed by atoms with Gasteiger partial charge in [0, 0.05) is 11.4 Å². The Labute approximate surface area is 113 Å². The van der Waals surface area contributed by atoms with Gasteiger partial charge in [0.2, 0.25) is 5.91 Å². The molecule has 3 nitrogen and oxygen atoms in total. The van der Waals surface area contributed by atoms with E-state index in [-0.39, 0.29) is 11.9 Å². The van der Waals surface area contributed by atoms with Gasteiger partial charge in [-0.15, -0.1) is 11.8 Å². The number of rotatable bonds is 4. The van der Waals surface area contributed by atoms with E-state index >= 15 is 0 Å². The molecule has 1 unspecified atom stereocenters. The Balaban J connectivity index is 2.23. The second kappa shape index (κ2) is 6.25. The molecule has 1 aromatic carbocycles. The molecule has 1 saturated heterocycles. The minimum absolute atomic E-state index is 0.205. The van der Waals surface area contributed by atoms with Gasteiger partial charge in [0.15, 0.2) is 0 Å². The average Bonchev–Trinajstić information content (AvgIpc) is 2.88. The predicted molar refractivity (Wildman–Crippen MR) is 75.8 cm³/mol. The third-order valence-electron chi connectivity index (χ3n) is 3.40. The van der Waals surface area contributed by atoms with Gasteiger partial charge in [-0.25, -0.2) is 0 Å². The molecule has 1 N–H and O–H groups in total. The van der Waals surface area contributed by atoms with Crippen LogP contribution in [0.1, 0.15) is 24.4 Å². The lowest BCUT2D eigenvalue weighted by atomic mass is 10.0. The second-order valence-corrected chi connectivity index (χ2v) is 5.37. The normalized spacial score (nSPS) is 19.2. The summed E-state index contributed by atoms with van der Waals surface area (Å²) >= 11 is 1.76. The number of likely N-dealkylation sites (N-methyl/N-ethyl adjacent to an activating group) is 1. The summed E-state index contributed by atoms with van der Waals surface area (Å²) < 4.78 is 0. The van der Waals surface area contributed by atoms with Crippen LogP contribution in [0.5, 0.6) is 0 Å². The molecule has 98 valence electrons. The van der Waals surface area contributed by atoms with Crippen molar-refractivity contribution in [3.05, 3.63) is 29.8 Å². The molecule has 0 radical (unpaired) electrons. The first-order chi connectivity index (χ1) is 8.77. The standard InChI is InChI=1S/C14H20N2OS/c1-15-10-14(17)16-9-5-7-12(16)11-6-3-4-8-13(11)18-2/h3-4,6,8,12,15H,5,7,9-10H2,1-2H3. The van der Waals surface area contributed by atoms with Gasteiger partial charge in [-0.3, -0.25) is 4.79 Å². The third kappa shape index (κ3) is 2.70. The summed E-state index contributed by atoms with van der Waals surface area (Å²) in [4.78, 5) is 15.4. The first-order valence-electron chi connectivity index (χ1n) is 6.35. The largest absolute Gasteiger partial charge is 0.335 e. The van der Waals surface area contributed by atoms with E-state index in [0.29, 0.717) is 6.54 Å². The molecule has 2 rings (SSSR count). The molecular formula is C14H20N2OS. The van der Waals surface area contributed by atoms with Crippen LogP contribution in [0.25, 0.3) is 0 Å². The fourth-order valence-electron chi connectivity index (χ4n) is 2.58. The van der Waals surface area contributed by atoms with Crippen LogP contribution in [0, 0.1) is 0 Å². The highest BCUT2D eigenvalue weighted by atomic mass is 32.2. The van der Waals surface area contributed by atoms with Crippen LogP contribution in [0.3, 0.4) is 0 Å². The number of likely N-dealkylation sites (tertiary alicyclic amines) is 1. The van der Waals surface area contributed by atoms with Crippen molar-refractivity contribution in [3.8, 4) is 0 Å². The summed E-state index contributed by atoms with van der Waals surface area (Å²) in [5.41, 5.74) is 1.30. The molecule has 4 heteroatoms. The van der Waals surface area contributed by atoms with Gasteiger partial charge in [-0.1, -0.05) is 18.2 Å². The minimum atomic E-state index is 0.205. The number of amides is 1. The first-order valence-corrected chi connectivity index (χ1v) is 7.57. The predicted octanol–water partition coefficient (Wildman–Crippen LogP) is 2.29. The monoisotopic (exact) mass is 264 g/mol. The first kappa shape index (κ1) is 13.4. The second-order valence-electron chi connectivity index (χ2n) is 4.52. The Hall–Kier alpha value is -1.00. The summed E-state index contributed by atoms with van der Waals surface area (Å²) in [6.45, 7) is 1.31. The van der Waals surface area contributed by atoms with E-state index in [2.05, 4.69) is 35.8 Å². The van der Waals surface area contributed by atoms with E-state index < -0.39 is 0 Å². The van der Waals surface area contributed by atoms with Gasteiger partial charge >= 0.3 is 0 Å². The van der Waals surface area contributed by atoms with E-state index in [4.69, 9.17) is 0 Å². The number of hydrogen-bond donors (Lipinski definition) is 1. The Morgan fingerprint density at radius 3 is 3.00 bits per heavy atom. The Bertz CT molecular complexity index is 422. The zero-order valence-electron chi connectivity index (χ0n) is 11.0. The summed E-state index contributed by atoms with van der Waals surface area (Å²) in [6.07, 6.45) is 4.27. The maximum absolute atomic E-state index is 12.1. The van der Waals surface area contributed by atoms with Crippen LogP contribution in [-0.2, 0) is 4.79 Å². The van der Waals surface area contributed by atoms with Crippen molar-refractivity contribution in [2.75, 3.05) is 26.4 Å². The number of nitrogens with one attached hydrogen (secondary N) is 1. The summed E-state index contributed by atoms with van der Waals surface area (Å²) in [7, 11) is 1.82. The topological polar surface area (TPSA) is 32.3 Å². The van der Waals surface area contributed by atoms with E-state index in [0.717, 1.165) is 19.4 Å². The van der Waals surface area contributed by atoms with Crippen molar-refractivity contribution in [2.24, 2.45) is 0 Å². The van der Waals surface area contributed by atoms with E-state index in [9.17, 15) is 4.79 Å². The van der Waals surface area contributed by atoms with Crippen LogP contribution in [0.15, 0.2) is 29.2 Å². The molecule has 1 aromatic rings. The molecule has 18 heavy (non-hydrogen) atoms. The Morgan fingerprint density at radius 2 is 2.28 bits per heavy atom. The van der Waals surface area contributed by atoms with Crippen molar-refractivity contribution >= 4 is 17.7 Å². The van der Waals surface area contributed by atoms with Crippen LogP contribution >= 0.6 is 11.8 Å². The number of benzene rings is 1. The summed E-state index contributed by atoms with van der Waals surface area (Å²) in [6, 6.07) is 8.67. The maximum atomic E-state index is 12.1. The quantitative estimate of drug-likeness (QED) is 0.847. The van der Waals surface area contributed by atoms with Crippen molar-refractivity contribution in [1.82, 2.24) is 10.2 Å². The highest BCUT2D eigenvalue weighted by Gasteiger charge is 2.30. The van der Waals surface area contributed by atoms with Crippen LogP contribution in [0.2, 0.25) is 0 Å². The van der Waals surface area contributed by atoms with Crippen molar-refractivity contribution < 1.29 is 4.79 Å². The highest BCUT2D eigenvalue weighted by molar-refractivity contribution is 7.98. The molecule has 1 aliphatic heterocycles. The molecule has 1 aliphatic rings. The molecule has 0 spiro atoms. The van der Waals surface area contributed by atoms with Gasteiger partial charge < -0.3 is 10.2 Å². The van der Waals surface area contributed by atoms with E-state index in [1.54, 1.807) is 11.8 Å². The van der Waals surface area contributed by atoms with Crippen molar-refractivity contribution in [1.29, 1.82) is 0 Å². The number of nitrogens with zero attached hydrogens (tertiary/aromatic N) is 1. The van der Waals surface area contributed by atoms with Crippen molar-refractivity contribution in [2.45, 2.75) is 23.8 Å². The zero-order chi connectivity index (χ0) is 13.0. The maximum Gasteiger partial charge on any atom is 0.237 e. The van der Waals surface area contributed by atoms with Gasteiger partial charge in [-0.2, -0.15) is 0 Å². The van der Waals surface area contributed by atoms with E-state index in [1.165, 1.54) is 10.5 Å². The molecule has 0 aromatic heterocycles. The van der Waals surface area contributed by atoms with E-state index in [1.807, 2.05) is 11.9 Å². The summed E-state index contributed by atoms with van der Waals surface area (Å²) in [5, 5.41) is 2.95. The third-order valence-corrected chi connectivity index (χ3v) is 4.21. The Kier molecular flexibility index (Phi) is 4.66. The SMILES string of the molecule is CNCC(=O)N1CCCC1c1ccccc1SC. The lowest BCUT2D eigenvalue weighted by molar-refractivity contribution is -0.131. The number of carbonyl (C=O) groups is 1. The number of hydrogen-bond acceptors (Lipinski definition) is 3. The molecule has 1 atom stereocenters. The van der Waals surface area contributed by atoms with Gasteiger partial charge in [0.1, 0.15) is 0 Å². The van der Waals surface area contributed by atoms with Gasteiger partial charge in [0.25, 0.3) is 0 Å². The molecule has 0 saturated carbocycles. The lowest BCUT2D eigenvalue weighted by Gasteiger charge is -2.26. The number of carbonyl (C=O) groups excluding carboxylic acids is 1. The smallest absolute Gasteiger partial charge is 0.237 e. The molecule has 0 bridgehead atoms. The van der Waals surface area contributed by atoms with Gasteiger partial charge in [-0.05, 0) is 37.8 Å². The average molecular weight is 264 g/mol. The number of thioether (sulfide) groups is 1. The van der Waals surface area contributed by atoms with Crippen LogP contribution in [-0.4, -0.2) is 37.2 Å². The van der Waals surface area contributed by atoms with Crippen molar-refractivity contribution in [3.63, 3.8) is 0 Å². The zero-order valence-corrected chi connectivity index (χ0v) is 11.8. The Morgan fingerprint density at radius 1 is 1.50 bits per heavy atom. The fraction of sp³-hybridized carbons (Fsp3) is 0.500. The molecular weight excluding hydrogens is 244 g/mol. The fourth-order valence-corrected chi connectivity index (χ4v) is 3.24. The highest BCUT2D eigenvalue weighted by Crippen LogP contribution is 2.36. The van der Waals surface area contributed by atoms with Crippen LogP contribution in [0.4, 0.5) is 0 Å². The summed E-state index contributed by atoms with van der Waals surface area (Å²) in [5.74, 6) is 0.205. The minimum Gasteiger partial charge on any atom is -0.335 e.